The van der Waals surface area contributed by atoms with E-state index in [2.05, 4.69) is 16.4 Å². The number of carbonyl (C=O) groups is 1. The Labute approximate surface area is 97.5 Å². The molecule has 1 rings (SSSR count). The lowest BCUT2D eigenvalue weighted by Gasteiger charge is -2.34. The van der Waals surface area contributed by atoms with Gasteiger partial charge in [0.2, 0.25) is 0 Å². The summed E-state index contributed by atoms with van der Waals surface area (Å²) in [6.07, 6.45) is 4.48. The first-order valence-corrected chi connectivity index (χ1v) is 6.00. The van der Waals surface area contributed by atoms with Gasteiger partial charge in [0.25, 0.3) is 0 Å². The molecule has 4 nitrogen and oxygen atoms in total. The lowest BCUT2D eigenvalue weighted by molar-refractivity contribution is -0.137. The Kier molecular flexibility index (Phi) is 6.11. The number of nitrogens with zero attached hydrogens (tertiary/aromatic N) is 2. The van der Waals surface area contributed by atoms with E-state index < -0.39 is 5.97 Å². The van der Waals surface area contributed by atoms with E-state index in [1.54, 1.807) is 0 Å². The van der Waals surface area contributed by atoms with Crippen molar-refractivity contribution in [1.82, 2.24) is 9.80 Å². The predicted octanol–water partition coefficient (Wildman–Crippen LogP) is 1.04. The zero-order valence-electron chi connectivity index (χ0n) is 9.90. The van der Waals surface area contributed by atoms with Gasteiger partial charge in [0, 0.05) is 32.7 Å². The largest absolute Gasteiger partial charge is 0.481 e. The summed E-state index contributed by atoms with van der Waals surface area (Å²) in [4.78, 5) is 15.1. The molecule has 1 fully saturated rings. The van der Waals surface area contributed by atoms with Gasteiger partial charge in [-0.3, -0.25) is 4.79 Å². The maximum atomic E-state index is 10.4. The monoisotopic (exact) mass is 226 g/mol. The van der Waals surface area contributed by atoms with Crippen LogP contribution in [0.15, 0.2) is 12.7 Å². The summed E-state index contributed by atoms with van der Waals surface area (Å²) < 4.78 is 0. The van der Waals surface area contributed by atoms with Crippen LogP contribution in [0.4, 0.5) is 0 Å². The van der Waals surface area contributed by atoms with Crippen molar-refractivity contribution in [2.24, 2.45) is 0 Å². The van der Waals surface area contributed by atoms with Crippen LogP contribution in [-0.2, 0) is 4.79 Å². The molecule has 0 radical (unpaired) electrons. The van der Waals surface area contributed by atoms with Crippen molar-refractivity contribution in [2.75, 3.05) is 39.3 Å². The van der Waals surface area contributed by atoms with Crippen LogP contribution in [0, 0.1) is 0 Å². The summed E-state index contributed by atoms with van der Waals surface area (Å²) in [7, 11) is 0. The third-order valence-electron chi connectivity index (χ3n) is 2.99. The van der Waals surface area contributed by atoms with Crippen LogP contribution < -0.4 is 0 Å². The average molecular weight is 226 g/mol. The molecule has 0 unspecified atom stereocenters. The van der Waals surface area contributed by atoms with Crippen molar-refractivity contribution in [3.63, 3.8) is 0 Å². The summed E-state index contributed by atoms with van der Waals surface area (Å²) in [5.74, 6) is -0.701. The third-order valence-corrected chi connectivity index (χ3v) is 2.99. The van der Waals surface area contributed by atoms with Gasteiger partial charge >= 0.3 is 5.97 Å². The molecule has 0 amide bonds. The normalized spacial score (nSPS) is 18.5. The second-order valence-corrected chi connectivity index (χ2v) is 4.26. The van der Waals surface area contributed by atoms with Gasteiger partial charge in [0.05, 0.1) is 6.42 Å². The number of carboxylic acid groups (broad SMARTS) is 1. The Bertz CT molecular complexity index is 223. The Morgan fingerprint density at radius 3 is 2.25 bits per heavy atom. The van der Waals surface area contributed by atoms with E-state index in [0.29, 0.717) is 6.54 Å². The second kappa shape index (κ2) is 7.41. The van der Waals surface area contributed by atoms with E-state index >= 15 is 0 Å². The molecule has 0 aliphatic carbocycles. The van der Waals surface area contributed by atoms with Crippen molar-refractivity contribution in [3.8, 4) is 0 Å². The molecule has 0 aromatic rings. The molecule has 4 heteroatoms. The fourth-order valence-electron chi connectivity index (χ4n) is 1.95. The Balaban J connectivity index is 2.08. The number of piperazine rings is 1. The maximum absolute atomic E-state index is 10.4. The standard InChI is InChI=1S/C12H22N2O2/c1-2-3-4-6-13-8-10-14(11-9-13)7-5-12(15)16/h2H,1,3-11H2,(H,15,16). The quantitative estimate of drug-likeness (QED) is 0.520. The first kappa shape index (κ1) is 13.2. The first-order valence-electron chi connectivity index (χ1n) is 6.00. The topological polar surface area (TPSA) is 43.8 Å². The second-order valence-electron chi connectivity index (χ2n) is 4.26. The average Bonchev–Trinajstić information content (AvgIpc) is 2.28. The van der Waals surface area contributed by atoms with Gasteiger partial charge in [-0.05, 0) is 19.4 Å². The van der Waals surface area contributed by atoms with Crippen LogP contribution in [0.2, 0.25) is 0 Å². The van der Waals surface area contributed by atoms with Crippen LogP contribution in [0.1, 0.15) is 19.3 Å². The molecule has 0 aromatic heterocycles. The molecule has 1 saturated heterocycles. The Hall–Kier alpha value is -0.870. The highest BCUT2D eigenvalue weighted by molar-refractivity contribution is 5.66. The van der Waals surface area contributed by atoms with E-state index in [4.69, 9.17) is 5.11 Å². The van der Waals surface area contributed by atoms with E-state index in [1.165, 1.54) is 6.42 Å². The minimum absolute atomic E-state index is 0.260. The number of hydrogen-bond donors (Lipinski definition) is 1. The number of hydrogen-bond acceptors (Lipinski definition) is 3. The molecule has 0 aromatic carbocycles. The van der Waals surface area contributed by atoms with Crippen molar-refractivity contribution in [3.05, 3.63) is 12.7 Å². The Morgan fingerprint density at radius 1 is 1.19 bits per heavy atom. The van der Waals surface area contributed by atoms with E-state index in [-0.39, 0.29) is 6.42 Å². The van der Waals surface area contributed by atoms with Gasteiger partial charge in [-0.2, -0.15) is 0 Å². The zero-order valence-corrected chi connectivity index (χ0v) is 9.90. The summed E-state index contributed by atoms with van der Waals surface area (Å²) in [6, 6.07) is 0. The fourth-order valence-corrected chi connectivity index (χ4v) is 1.95. The minimum atomic E-state index is -0.701. The number of aliphatic carboxylic acids is 1. The van der Waals surface area contributed by atoms with Crippen LogP contribution in [0.5, 0.6) is 0 Å². The molecule has 92 valence electrons. The molecule has 0 atom stereocenters. The summed E-state index contributed by atoms with van der Waals surface area (Å²) in [6.45, 7) is 9.68. The van der Waals surface area contributed by atoms with Crippen molar-refractivity contribution < 1.29 is 9.90 Å². The van der Waals surface area contributed by atoms with Gasteiger partial charge < -0.3 is 14.9 Å². The molecular weight excluding hydrogens is 204 g/mol. The molecule has 0 saturated carbocycles. The van der Waals surface area contributed by atoms with Gasteiger partial charge in [-0.25, -0.2) is 0 Å². The number of unbranched alkanes of at least 4 members (excludes halogenated alkanes) is 1. The first-order chi connectivity index (χ1) is 7.72. The van der Waals surface area contributed by atoms with E-state index in [9.17, 15) is 4.79 Å². The number of carboxylic acids is 1. The Morgan fingerprint density at radius 2 is 1.75 bits per heavy atom. The fraction of sp³-hybridized carbons (Fsp3) is 0.750. The molecule has 1 aliphatic rings. The molecule has 0 spiro atoms. The predicted molar refractivity (Wildman–Crippen MR) is 64.6 cm³/mol. The van der Waals surface area contributed by atoms with E-state index in [0.717, 1.165) is 39.1 Å². The molecule has 0 bridgehead atoms. The summed E-state index contributed by atoms with van der Waals surface area (Å²) in [5.41, 5.74) is 0. The lowest BCUT2D eigenvalue weighted by Crippen LogP contribution is -2.47. The van der Waals surface area contributed by atoms with Gasteiger partial charge in [-0.1, -0.05) is 6.08 Å². The van der Waals surface area contributed by atoms with Crippen LogP contribution >= 0.6 is 0 Å². The molecular formula is C12H22N2O2. The minimum Gasteiger partial charge on any atom is -0.481 e. The van der Waals surface area contributed by atoms with Gasteiger partial charge in [0.15, 0.2) is 0 Å². The van der Waals surface area contributed by atoms with Crippen LogP contribution in [-0.4, -0.2) is 60.1 Å². The molecule has 1 N–H and O–H groups in total. The van der Waals surface area contributed by atoms with Crippen LogP contribution in [0.25, 0.3) is 0 Å². The smallest absolute Gasteiger partial charge is 0.304 e. The van der Waals surface area contributed by atoms with Crippen molar-refractivity contribution in [2.45, 2.75) is 19.3 Å². The molecule has 16 heavy (non-hydrogen) atoms. The lowest BCUT2D eigenvalue weighted by atomic mass is 10.2. The maximum Gasteiger partial charge on any atom is 0.304 e. The van der Waals surface area contributed by atoms with Crippen molar-refractivity contribution >= 4 is 5.97 Å². The number of rotatable bonds is 7. The highest BCUT2D eigenvalue weighted by atomic mass is 16.4. The number of allylic oxidation sites excluding steroid dienone is 1. The van der Waals surface area contributed by atoms with Gasteiger partial charge in [-0.15, -0.1) is 6.58 Å². The third kappa shape index (κ3) is 5.28. The SMILES string of the molecule is C=CCCCN1CCN(CCC(=O)O)CC1. The summed E-state index contributed by atoms with van der Waals surface area (Å²) >= 11 is 0. The molecule has 1 aliphatic heterocycles. The highest BCUT2D eigenvalue weighted by Gasteiger charge is 2.16. The van der Waals surface area contributed by atoms with Crippen LogP contribution in [0.3, 0.4) is 0 Å². The van der Waals surface area contributed by atoms with Gasteiger partial charge in [0.1, 0.15) is 0 Å². The highest BCUT2D eigenvalue weighted by Crippen LogP contribution is 2.04. The zero-order chi connectivity index (χ0) is 11.8. The van der Waals surface area contributed by atoms with Crippen molar-refractivity contribution in [1.29, 1.82) is 0 Å². The van der Waals surface area contributed by atoms with E-state index in [1.807, 2.05) is 6.08 Å². The summed E-state index contributed by atoms with van der Waals surface area (Å²) in [5, 5.41) is 8.59. The molecule has 1 heterocycles.